The average Bonchev–Trinajstić information content (AvgIpc) is 3.25. The van der Waals surface area contributed by atoms with Crippen molar-refractivity contribution in [3.8, 4) is 5.75 Å². The fourth-order valence-corrected chi connectivity index (χ4v) is 4.81. The van der Waals surface area contributed by atoms with Gasteiger partial charge >= 0.3 is 12.1 Å². The number of carbonyl (C=O) groups excluding carboxylic acids is 2. The molecule has 4 N–H and O–H groups in total. The molecule has 1 amide bonds. The average molecular weight is 591 g/mol. The zero-order valence-corrected chi connectivity index (χ0v) is 22.4. The minimum atomic E-state index is -5.12. The predicted molar refractivity (Wildman–Crippen MR) is 144 cm³/mol. The number of ether oxygens (including phenoxy) is 2. The monoisotopic (exact) mass is 590 g/mol. The first-order valence-electron chi connectivity index (χ1n) is 12.1. The summed E-state index contributed by atoms with van der Waals surface area (Å²) in [6, 6.07) is 18.9. The van der Waals surface area contributed by atoms with Gasteiger partial charge in [-0.1, -0.05) is 24.3 Å². The summed E-state index contributed by atoms with van der Waals surface area (Å²) >= 11 is 0. The molecule has 0 unspecified atom stereocenters. The first-order chi connectivity index (χ1) is 19.3. The number of pyridine rings is 1. The topological polar surface area (TPSA) is 155 Å². The molecule has 1 aliphatic rings. The third-order valence-electron chi connectivity index (χ3n) is 6.28. The standard InChI is InChI=1S/C16H14F3N3O3.C11H11NO3S/c17-16(18,19)15(24)25-12-6-7-22(14(12)23)8-9-2-1-3-11-10(9)4-5-13(20)21-11;1-15-10-4-2-8-3-5-11(16(12,13)14)7-9(8)6-10/h1-5,12H,6-8H2,(H2,20,21);2-7H,1H3,(H2,12,13,14)/t12-;/m0./s1. The van der Waals surface area contributed by atoms with E-state index in [1.807, 2.05) is 12.1 Å². The van der Waals surface area contributed by atoms with E-state index < -0.39 is 34.2 Å². The molecule has 1 atom stereocenters. The summed E-state index contributed by atoms with van der Waals surface area (Å²) in [5.41, 5.74) is 7.08. The summed E-state index contributed by atoms with van der Waals surface area (Å²) in [4.78, 5) is 28.8. The molecule has 1 aliphatic heterocycles. The number of anilines is 1. The summed E-state index contributed by atoms with van der Waals surface area (Å²) in [6.07, 6.45) is -6.50. The van der Waals surface area contributed by atoms with Crippen LogP contribution in [-0.4, -0.2) is 56.1 Å². The van der Waals surface area contributed by atoms with E-state index in [0.717, 1.165) is 21.7 Å². The van der Waals surface area contributed by atoms with Crippen molar-refractivity contribution in [2.24, 2.45) is 5.14 Å². The van der Waals surface area contributed by atoms with Gasteiger partial charge in [-0.25, -0.2) is 23.3 Å². The minimum absolute atomic E-state index is 0.0244. The van der Waals surface area contributed by atoms with Crippen LogP contribution in [0.1, 0.15) is 12.0 Å². The lowest BCUT2D eigenvalue weighted by Gasteiger charge is -2.18. The largest absolute Gasteiger partial charge is 0.497 e. The maximum Gasteiger partial charge on any atom is 0.490 e. The van der Waals surface area contributed by atoms with Gasteiger partial charge in [0.15, 0.2) is 6.10 Å². The summed E-state index contributed by atoms with van der Waals surface area (Å²) in [7, 11) is -2.09. The normalized spacial score (nSPS) is 15.5. The molecule has 0 radical (unpaired) electrons. The lowest BCUT2D eigenvalue weighted by atomic mass is 10.1. The first kappa shape index (κ1) is 29.6. The Kier molecular flexibility index (Phi) is 8.35. The Morgan fingerprint density at radius 3 is 2.49 bits per heavy atom. The highest BCUT2D eigenvalue weighted by atomic mass is 32.2. The summed E-state index contributed by atoms with van der Waals surface area (Å²) in [6.45, 7) is 0.384. The third kappa shape index (κ3) is 7.02. The van der Waals surface area contributed by atoms with Crippen molar-refractivity contribution in [3.05, 3.63) is 72.3 Å². The zero-order chi connectivity index (χ0) is 29.9. The Morgan fingerprint density at radius 1 is 1.07 bits per heavy atom. The Morgan fingerprint density at radius 2 is 1.80 bits per heavy atom. The molecule has 2 heterocycles. The van der Waals surface area contributed by atoms with E-state index in [-0.39, 0.29) is 24.4 Å². The number of alkyl halides is 3. The number of methoxy groups -OCH3 is 1. The van der Waals surface area contributed by atoms with E-state index in [0.29, 0.717) is 17.1 Å². The van der Waals surface area contributed by atoms with Gasteiger partial charge < -0.3 is 20.1 Å². The molecule has 1 aromatic heterocycles. The molecule has 216 valence electrons. The van der Waals surface area contributed by atoms with Gasteiger partial charge in [-0.2, -0.15) is 13.2 Å². The van der Waals surface area contributed by atoms with Gasteiger partial charge in [0.2, 0.25) is 10.0 Å². The quantitative estimate of drug-likeness (QED) is 0.335. The smallest absolute Gasteiger partial charge is 0.490 e. The van der Waals surface area contributed by atoms with Gasteiger partial charge in [0.25, 0.3) is 5.91 Å². The summed E-state index contributed by atoms with van der Waals surface area (Å²) < 4.78 is 68.5. The van der Waals surface area contributed by atoms with Crippen LogP contribution < -0.4 is 15.6 Å². The number of nitrogens with zero attached hydrogens (tertiary/aromatic N) is 2. The second kappa shape index (κ2) is 11.6. The molecular weight excluding hydrogens is 565 g/mol. The maximum absolute atomic E-state index is 12.3. The van der Waals surface area contributed by atoms with Crippen LogP contribution in [0.2, 0.25) is 0 Å². The molecule has 14 heteroatoms. The number of amides is 1. The van der Waals surface area contributed by atoms with Crippen molar-refractivity contribution in [1.29, 1.82) is 0 Å². The van der Waals surface area contributed by atoms with Crippen LogP contribution in [0, 0.1) is 0 Å². The van der Waals surface area contributed by atoms with Crippen molar-refractivity contribution in [2.45, 2.75) is 30.1 Å². The lowest BCUT2D eigenvalue weighted by Crippen LogP contribution is -2.35. The number of benzene rings is 3. The van der Waals surface area contributed by atoms with E-state index in [1.54, 1.807) is 49.6 Å². The molecule has 0 saturated carbocycles. The van der Waals surface area contributed by atoms with Gasteiger partial charge in [-0.3, -0.25) is 4.79 Å². The Balaban J connectivity index is 0.000000208. The number of nitrogens with two attached hydrogens (primary N) is 2. The molecule has 4 aromatic rings. The summed E-state index contributed by atoms with van der Waals surface area (Å²) in [5.74, 6) is -1.95. The first-order valence-corrected chi connectivity index (χ1v) is 13.6. The van der Waals surface area contributed by atoms with Crippen molar-refractivity contribution in [1.82, 2.24) is 9.88 Å². The number of halogens is 3. The van der Waals surface area contributed by atoms with Crippen molar-refractivity contribution < 1.29 is 40.7 Å². The Bertz CT molecular complexity index is 1730. The minimum Gasteiger partial charge on any atom is -0.497 e. The van der Waals surface area contributed by atoms with E-state index in [9.17, 15) is 31.2 Å². The van der Waals surface area contributed by atoms with E-state index in [1.165, 1.54) is 17.0 Å². The highest BCUT2D eigenvalue weighted by Gasteiger charge is 2.45. The molecule has 41 heavy (non-hydrogen) atoms. The number of hydrogen-bond donors (Lipinski definition) is 2. The van der Waals surface area contributed by atoms with Crippen molar-refractivity contribution in [2.75, 3.05) is 19.4 Å². The molecule has 0 spiro atoms. The highest BCUT2D eigenvalue weighted by Crippen LogP contribution is 2.26. The molecular formula is C27H25F3N4O6S. The number of primary sulfonamides is 1. The van der Waals surface area contributed by atoms with Gasteiger partial charge in [0.1, 0.15) is 11.6 Å². The summed E-state index contributed by atoms with van der Waals surface area (Å²) in [5, 5.41) is 7.57. The van der Waals surface area contributed by atoms with Crippen molar-refractivity contribution >= 4 is 49.4 Å². The van der Waals surface area contributed by atoms with Gasteiger partial charge in [0, 0.05) is 24.9 Å². The van der Waals surface area contributed by atoms with Crippen LogP contribution in [0.15, 0.2) is 71.6 Å². The molecule has 3 aromatic carbocycles. The van der Waals surface area contributed by atoms with Crippen LogP contribution in [0.5, 0.6) is 5.75 Å². The highest BCUT2D eigenvalue weighted by molar-refractivity contribution is 7.89. The SMILES string of the molecule is COc1ccc2ccc(S(N)(=O)=O)cc2c1.Nc1ccc2c(CN3CC[C@H](OC(=O)C(F)(F)F)C3=O)cccc2n1. The second-order valence-electron chi connectivity index (χ2n) is 9.08. The van der Waals surface area contributed by atoms with Gasteiger partial charge in [-0.15, -0.1) is 0 Å². The Hall–Kier alpha value is -4.43. The molecule has 1 fully saturated rings. The van der Waals surface area contributed by atoms with Gasteiger partial charge in [0.05, 0.1) is 17.5 Å². The van der Waals surface area contributed by atoms with Crippen LogP contribution >= 0.6 is 0 Å². The molecule has 0 aliphatic carbocycles. The lowest BCUT2D eigenvalue weighted by molar-refractivity contribution is -0.204. The molecule has 10 nitrogen and oxygen atoms in total. The van der Waals surface area contributed by atoms with E-state index in [4.69, 9.17) is 15.6 Å². The number of nitrogen functional groups attached to an aromatic ring is 1. The van der Waals surface area contributed by atoms with Crippen LogP contribution in [-0.2, 0) is 30.9 Å². The number of likely N-dealkylation sites (tertiary alicyclic amines) is 1. The number of rotatable bonds is 5. The Labute approximate surface area is 232 Å². The fourth-order valence-electron chi connectivity index (χ4n) is 4.26. The predicted octanol–water partition coefficient (Wildman–Crippen LogP) is 3.52. The molecule has 0 bridgehead atoms. The second-order valence-corrected chi connectivity index (χ2v) is 10.6. The number of hydrogen-bond acceptors (Lipinski definition) is 8. The number of fused-ring (bicyclic) bond motifs is 2. The maximum atomic E-state index is 12.3. The molecule has 5 rings (SSSR count). The number of esters is 1. The third-order valence-corrected chi connectivity index (χ3v) is 7.19. The van der Waals surface area contributed by atoms with Crippen molar-refractivity contribution in [3.63, 3.8) is 0 Å². The van der Waals surface area contributed by atoms with Crippen LogP contribution in [0.4, 0.5) is 19.0 Å². The number of carbonyl (C=O) groups is 2. The van der Waals surface area contributed by atoms with Crippen LogP contribution in [0.3, 0.4) is 0 Å². The van der Waals surface area contributed by atoms with Crippen LogP contribution in [0.25, 0.3) is 21.7 Å². The number of sulfonamides is 1. The van der Waals surface area contributed by atoms with E-state index >= 15 is 0 Å². The van der Waals surface area contributed by atoms with E-state index in [2.05, 4.69) is 9.72 Å². The van der Waals surface area contributed by atoms with Gasteiger partial charge in [-0.05, 0) is 58.8 Å². The number of aromatic nitrogens is 1. The zero-order valence-electron chi connectivity index (χ0n) is 21.6. The fraction of sp³-hybridized carbons (Fsp3) is 0.222. The molecule has 1 saturated heterocycles.